The van der Waals surface area contributed by atoms with Gasteiger partial charge in [-0.2, -0.15) is 0 Å². The number of ketones is 1. The summed E-state index contributed by atoms with van der Waals surface area (Å²) in [4.78, 5) is 19.1. The molecule has 0 aliphatic heterocycles. The van der Waals surface area contributed by atoms with Crippen LogP contribution in [0.25, 0.3) is 10.8 Å². The number of hydrogen-bond donors (Lipinski definition) is 1. The van der Waals surface area contributed by atoms with Crippen LogP contribution in [0.15, 0.2) is 79.3 Å². The molecule has 25 heavy (non-hydrogen) atoms. The number of hydrogen-bond acceptors (Lipinski definition) is 3. The van der Waals surface area contributed by atoms with E-state index in [1.165, 1.54) is 12.5 Å². The molecule has 0 spiro atoms. The molecular formula is C21H16N2O2. The number of fused-ring (bicyclic) bond motifs is 1. The van der Waals surface area contributed by atoms with Gasteiger partial charge in [0.1, 0.15) is 18.1 Å². The number of aromatic nitrogens is 2. The van der Waals surface area contributed by atoms with Gasteiger partial charge in [-0.25, -0.2) is 4.98 Å². The molecule has 0 saturated carbocycles. The van der Waals surface area contributed by atoms with Crippen molar-refractivity contribution in [2.24, 2.45) is 0 Å². The molecule has 0 aliphatic carbocycles. The number of imidazole rings is 1. The van der Waals surface area contributed by atoms with Gasteiger partial charge < -0.3 is 9.72 Å². The Bertz CT molecular complexity index is 1010. The Morgan fingerprint density at radius 3 is 2.56 bits per heavy atom. The predicted octanol–water partition coefficient (Wildman–Crippen LogP) is 4.37. The average Bonchev–Trinajstić information content (AvgIpc) is 3.21. The van der Waals surface area contributed by atoms with E-state index in [1.807, 2.05) is 66.7 Å². The van der Waals surface area contributed by atoms with Crippen molar-refractivity contribution in [1.29, 1.82) is 0 Å². The first-order chi connectivity index (χ1) is 12.3. The number of nitrogens with zero attached hydrogens (tertiary/aromatic N) is 1. The number of rotatable bonds is 5. The molecule has 0 amide bonds. The van der Waals surface area contributed by atoms with Gasteiger partial charge in [0, 0.05) is 5.56 Å². The highest BCUT2D eigenvalue weighted by Gasteiger charge is 2.11. The minimum Gasteiger partial charge on any atom is -0.489 e. The number of nitrogens with one attached hydrogen (secondary N) is 1. The molecule has 4 nitrogen and oxygen atoms in total. The van der Waals surface area contributed by atoms with E-state index in [1.54, 1.807) is 0 Å². The van der Waals surface area contributed by atoms with Crippen molar-refractivity contribution >= 4 is 16.6 Å². The molecule has 0 bridgehead atoms. The summed E-state index contributed by atoms with van der Waals surface area (Å²) in [6, 6.07) is 21.6. The first-order valence-corrected chi connectivity index (χ1v) is 8.03. The molecule has 1 heterocycles. The van der Waals surface area contributed by atoms with Crippen LogP contribution in [-0.2, 0) is 6.61 Å². The zero-order valence-electron chi connectivity index (χ0n) is 13.5. The van der Waals surface area contributed by atoms with Gasteiger partial charge in [0.2, 0.25) is 5.78 Å². The van der Waals surface area contributed by atoms with E-state index in [0.717, 1.165) is 22.1 Å². The lowest BCUT2D eigenvalue weighted by Crippen LogP contribution is -2.01. The van der Waals surface area contributed by atoms with Crippen molar-refractivity contribution in [3.05, 3.63) is 96.1 Å². The number of H-pyrrole nitrogens is 1. The van der Waals surface area contributed by atoms with Crippen LogP contribution in [0.5, 0.6) is 5.75 Å². The van der Waals surface area contributed by atoms with E-state index < -0.39 is 0 Å². The molecule has 0 atom stereocenters. The second kappa shape index (κ2) is 6.61. The normalized spacial score (nSPS) is 10.7. The van der Waals surface area contributed by atoms with Gasteiger partial charge in [-0.05, 0) is 34.5 Å². The Balaban J connectivity index is 1.55. The van der Waals surface area contributed by atoms with Crippen LogP contribution in [0.1, 0.15) is 21.6 Å². The van der Waals surface area contributed by atoms with Gasteiger partial charge in [-0.15, -0.1) is 0 Å². The fourth-order valence-electron chi connectivity index (χ4n) is 2.73. The van der Waals surface area contributed by atoms with Crippen molar-refractivity contribution in [2.75, 3.05) is 0 Å². The molecule has 0 aliphatic rings. The maximum absolute atomic E-state index is 12.4. The number of carbonyl (C=O) groups excluding carboxylic acids is 1. The highest BCUT2D eigenvalue weighted by molar-refractivity contribution is 6.09. The second-order valence-electron chi connectivity index (χ2n) is 5.79. The first kappa shape index (κ1) is 15.1. The minimum absolute atomic E-state index is 0.0659. The first-order valence-electron chi connectivity index (χ1n) is 8.03. The fraction of sp³-hybridized carbons (Fsp3) is 0.0476. The summed E-state index contributed by atoms with van der Waals surface area (Å²) < 4.78 is 5.86. The molecule has 0 saturated heterocycles. The summed E-state index contributed by atoms with van der Waals surface area (Å²) in [5, 5.41) is 2.03. The van der Waals surface area contributed by atoms with E-state index >= 15 is 0 Å². The van der Waals surface area contributed by atoms with Crippen molar-refractivity contribution in [3.63, 3.8) is 0 Å². The van der Waals surface area contributed by atoms with Crippen LogP contribution in [0, 0.1) is 0 Å². The number of carbonyl (C=O) groups is 1. The van der Waals surface area contributed by atoms with Crippen LogP contribution in [0.2, 0.25) is 0 Å². The maximum Gasteiger partial charge on any atom is 0.210 e. The Hall–Kier alpha value is -3.40. The van der Waals surface area contributed by atoms with Crippen LogP contribution in [0.3, 0.4) is 0 Å². The van der Waals surface area contributed by atoms with Crippen LogP contribution in [-0.4, -0.2) is 15.8 Å². The van der Waals surface area contributed by atoms with Crippen LogP contribution < -0.4 is 4.74 Å². The zero-order chi connectivity index (χ0) is 17.1. The van der Waals surface area contributed by atoms with E-state index in [-0.39, 0.29) is 5.78 Å². The molecule has 0 fully saturated rings. The standard InChI is InChI=1S/C21H16N2O2/c24-21(20-12-22-14-23-20)18-7-6-17-11-19(9-8-16(17)10-18)25-13-15-4-2-1-3-5-15/h1-12,14H,13H2,(H,22,23). The molecule has 1 aromatic heterocycles. The summed E-state index contributed by atoms with van der Waals surface area (Å²) in [5.74, 6) is 0.743. The lowest BCUT2D eigenvalue weighted by atomic mass is 10.0. The molecule has 0 radical (unpaired) electrons. The molecule has 4 heteroatoms. The van der Waals surface area contributed by atoms with Gasteiger partial charge in [0.15, 0.2) is 0 Å². The lowest BCUT2D eigenvalue weighted by molar-refractivity contribution is 0.103. The zero-order valence-corrected chi connectivity index (χ0v) is 13.5. The van der Waals surface area contributed by atoms with Gasteiger partial charge in [-0.1, -0.05) is 48.5 Å². The number of ether oxygens (including phenoxy) is 1. The Morgan fingerprint density at radius 1 is 0.960 bits per heavy atom. The summed E-state index contributed by atoms with van der Waals surface area (Å²) in [7, 11) is 0. The maximum atomic E-state index is 12.4. The molecule has 122 valence electrons. The van der Waals surface area contributed by atoms with Crippen molar-refractivity contribution in [1.82, 2.24) is 9.97 Å². The summed E-state index contributed by atoms with van der Waals surface area (Å²) in [6.07, 6.45) is 3.04. The second-order valence-corrected chi connectivity index (χ2v) is 5.79. The van der Waals surface area contributed by atoms with Crippen molar-refractivity contribution in [3.8, 4) is 5.75 Å². The monoisotopic (exact) mass is 328 g/mol. The van der Waals surface area contributed by atoms with E-state index in [2.05, 4.69) is 9.97 Å². The van der Waals surface area contributed by atoms with E-state index in [0.29, 0.717) is 17.9 Å². The number of aromatic amines is 1. The lowest BCUT2D eigenvalue weighted by Gasteiger charge is -2.08. The van der Waals surface area contributed by atoms with Gasteiger partial charge in [0.25, 0.3) is 0 Å². The quantitative estimate of drug-likeness (QED) is 0.553. The Kier molecular flexibility index (Phi) is 4.01. The van der Waals surface area contributed by atoms with Gasteiger partial charge in [0.05, 0.1) is 12.5 Å². The molecule has 3 aromatic carbocycles. The van der Waals surface area contributed by atoms with Crippen molar-refractivity contribution in [2.45, 2.75) is 6.61 Å². The average molecular weight is 328 g/mol. The van der Waals surface area contributed by atoms with Gasteiger partial charge in [-0.3, -0.25) is 4.79 Å². The summed E-state index contributed by atoms with van der Waals surface area (Å²) in [6.45, 7) is 0.530. The fourth-order valence-corrected chi connectivity index (χ4v) is 2.73. The minimum atomic E-state index is -0.0659. The summed E-state index contributed by atoms with van der Waals surface area (Å²) >= 11 is 0. The smallest absolute Gasteiger partial charge is 0.210 e. The summed E-state index contributed by atoms with van der Waals surface area (Å²) in [5.41, 5.74) is 2.25. The van der Waals surface area contributed by atoms with Crippen molar-refractivity contribution < 1.29 is 9.53 Å². The van der Waals surface area contributed by atoms with Crippen LogP contribution in [0.4, 0.5) is 0 Å². The third-order valence-electron chi connectivity index (χ3n) is 4.07. The van der Waals surface area contributed by atoms with Gasteiger partial charge >= 0.3 is 0 Å². The Morgan fingerprint density at radius 2 is 1.76 bits per heavy atom. The third kappa shape index (κ3) is 3.28. The SMILES string of the molecule is O=C(c1ccc2cc(OCc3ccccc3)ccc2c1)c1cnc[nH]1. The third-order valence-corrected chi connectivity index (χ3v) is 4.07. The molecule has 4 rings (SSSR count). The van der Waals surface area contributed by atoms with E-state index in [4.69, 9.17) is 4.74 Å². The molecule has 1 N–H and O–H groups in total. The topological polar surface area (TPSA) is 55.0 Å². The van der Waals surface area contributed by atoms with Crippen LogP contribution >= 0.6 is 0 Å². The highest BCUT2D eigenvalue weighted by Crippen LogP contribution is 2.23. The number of benzene rings is 3. The molecule has 4 aromatic rings. The molecular weight excluding hydrogens is 312 g/mol. The Labute approximate surface area is 145 Å². The predicted molar refractivity (Wildman–Crippen MR) is 96.7 cm³/mol. The highest BCUT2D eigenvalue weighted by atomic mass is 16.5. The molecule has 0 unspecified atom stereocenters. The van der Waals surface area contributed by atoms with E-state index in [9.17, 15) is 4.79 Å². The largest absolute Gasteiger partial charge is 0.489 e.